The highest BCUT2D eigenvalue weighted by Crippen LogP contribution is 2.41. The predicted octanol–water partition coefficient (Wildman–Crippen LogP) is 2.48. The van der Waals surface area contributed by atoms with Crippen LogP contribution in [0.1, 0.15) is 42.9 Å². The molecule has 1 fully saturated rings. The van der Waals surface area contributed by atoms with Crippen molar-refractivity contribution in [1.82, 2.24) is 5.32 Å². The van der Waals surface area contributed by atoms with Crippen LogP contribution in [0.25, 0.3) is 0 Å². The summed E-state index contributed by atoms with van der Waals surface area (Å²) in [4.78, 5) is 0. The zero-order chi connectivity index (χ0) is 11.2. The lowest BCUT2D eigenvalue weighted by Gasteiger charge is -2.28. The number of phenols is 1. The first-order valence-corrected chi connectivity index (χ1v) is 6.30. The third-order valence-electron chi connectivity index (χ3n) is 4.18. The molecule has 2 nitrogen and oxygen atoms in total. The van der Waals surface area contributed by atoms with Gasteiger partial charge in [0.2, 0.25) is 0 Å². The van der Waals surface area contributed by atoms with Gasteiger partial charge in [-0.05, 0) is 62.8 Å². The Bertz CT molecular complexity index is 419. The summed E-state index contributed by atoms with van der Waals surface area (Å²) in [5, 5.41) is 13.7. The Morgan fingerprint density at radius 2 is 2.12 bits per heavy atom. The number of fused-ring (bicyclic) bond motifs is 1. The van der Waals surface area contributed by atoms with E-state index in [0.29, 0.717) is 5.75 Å². The summed E-state index contributed by atoms with van der Waals surface area (Å²) in [5.41, 5.74) is 4.04. The second kappa shape index (κ2) is 3.49. The molecule has 1 saturated heterocycles. The lowest BCUT2D eigenvalue weighted by molar-refractivity contribution is 0.391. The maximum atomic E-state index is 10.2. The standard InChI is InChI=1S/C14H19NO/c1-14(8-3-9-15-14)13-11-5-2-4-10(11)6-7-12(13)16/h6-7,15-16H,2-5,8-9H2,1H3. The van der Waals surface area contributed by atoms with Crippen LogP contribution < -0.4 is 5.32 Å². The molecule has 16 heavy (non-hydrogen) atoms. The monoisotopic (exact) mass is 217 g/mol. The number of benzene rings is 1. The molecule has 2 N–H and O–H groups in total. The Morgan fingerprint density at radius 3 is 2.88 bits per heavy atom. The number of nitrogens with one attached hydrogen (secondary N) is 1. The van der Waals surface area contributed by atoms with Gasteiger partial charge in [0.15, 0.2) is 0 Å². The molecule has 1 aliphatic carbocycles. The topological polar surface area (TPSA) is 32.3 Å². The van der Waals surface area contributed by atoms with E-state index in [1.165, 1.54) is 36.0 Å². The largest absolute Gasteiger partial charge is 0.508 e. The van der Waals surface area contributed by atoms with Crippen molar-refractivity contribution >= 4 is 0 Å². The molecule has 1 aromatic carbocycles. The quantitative estimate of drug-likeness (QED) is 0.757. The Balaban J connectivity index is 2.15. The molecule has 3 rings (SSSR count). The summed E-state index contributed by atoms with van der Waals surface area (Å²) >= 11 is 0. The van der Waals surface area contributed by atoms with Crippen LogP contribution in [0.3, 0.4) is 0 Å². The molecular formula is C14H19NO. The number of aryl methyl sites for hydroxylation is 1. The van der Waals surface area contributed by atoms with Crippen LogP contribution in [0.5, 0.6) is 5.75 Å². The van der Waals surface area contributed by atoms with Crippen molar-refractivity contribution in [3.05, 3.63) is 28.8 Å². The molecule has 0 bridgehead atoms. The lowest BCUT2D eigenvalue weighted by Crippen LogP contribution is -2.34. The van der Waals surface area contributed by atoms with Gasteiger partial charge in [0.05, 0.1) is 0 Å². The van der Waals surface area contributed by atoms with Crippen LogP contribution in [-0.4, -0.2) is 11.7 Å². The fraction of sp³-hybridized carbons (Fsp3) is 0.571. The van der Waals surface area contributed by atoms with E-state index in [9.17, 15) is 5.11 Å². The molecule has 0 spiro atoms. The molecule has 1 unspecified atom stereocenters. The maximum absolute atomic E-state index is 10.2. The number of aromatic hydroxyl groups is 1. The van der Waals surface area contributed by atoms with Crippen LogP contribution in [-0.2, 0) is 18.4 Å². The molecule has 0 radical (unpaired) electrons. The third kappa shape index (κ3) is 1.36. The van der Waals surface area contributed by atoms with Crippen LogP contribution in [0.15, 0.2) is 12.1 Å². The molecule has 0 amide bonds. The average Bonchev–Trinajstić information content (AvgIpc) is 2.86. The zero-order valence-electron chi connectivity index (χ0n) is 9.84. The van der Waals surface area contributed by atoms with Gasteiger partial charge in [0, 0.05) is 11.1 Å². The van der Waals surface area contributed by atoms with Gasteiger partial charge in [-0.25, -0.2) is 0 Å². The second-order valence-corrected chi connectivity index (χ2v) is 5.31. The summed E-state index contributed by atoms with van der Waals surface area (Å²) in [5.74, 6) is 0.484. The average molecular weight is 217 g/mol. The molecule has 0 aromatic heterocycles. The first kappa shape index (κ1) is 10.2. The molecule has 1 heterocycles. The Labute approximate surface area is 96.7 Å². The number of hydrogen-bond acceptors (Lipinski definition) is 2. The summed E-state index contributed by atoms with van der Waals surface area (Å²) in [6.07, 6.45) is 5.90. The number of phenolic OH excluding ortho intramolecular Hbond substituents is 1. The summed E-state index contributed by atoms with van der Waals surface area (Å²) in [6, 6.07) is 3.98. The first-order valence-electron chi connectivity index (χ1n) is 6.30. The minimum absolute atomic E-state index is 0.000231. The summed E-state index contributed by atoms with van der Waals surface area (Å²) in [6.45, 7) is 3.30. The van der Waals surface area contributed by atoms with Crippen molar-refractivity contribution < 1.29 is 5.11 Å². The number of hydrogen-bond donors (Lipinski definition) is 2. The van der Waals surface area contributed by atoms with Crippen molar-refractivity contribution in [3.8, 4) is 5.75 Å². The van der Waals surface area contributed by atoms with Crippen LogP contribution in [0.4, 0.5) is 0 Å². The fourth-order valence-electron chi connectivity index (χ4n) is 3.38. The lowest BCUT2D eigenvalue weighted by atomic mass is 9.85. The smallest absolute Gasteiger partial charge is 0.120 e. The molecule has 86 valence electrons. The van der Waals surface area contributed by atoms with Crippen LogP contribution in [0.2, 0.25) is 0 Å². The predicted molar refractivity (Wildman–Crippen MR) is 64.7 cm³/mol. The third-order valence-corrected chi connectivity index (χ3v) is 4.18. The van der Waals surface area contributed by atoms with Gasteiger partial charge >= 0.3 is 0 Å². The molecule has 1 atom stereocenters. The first-order chi connectivity index (χ1) is 7.71. The van der Waals surface area contributed by atoms with E-state index in [0.717, 1.165) is 19.4 Å². The van der Waals surface area contributed by atoms with Gasteiger partial charge in [-0.3, -0.25) is 0 Å². The highest BCUT2D eigenvalue weighted by atomic mass is 16.3. The fourth-order valence-corrected chi connectivity index (χ4v) is 3.38. The SMILES string of the molecule is CC1(c2c(O)ccc3c2CCC3)CCCN1. The Morgan fingerprint density at radius 1 is 1.25 bits per heavy atom. The van der Waals surface area contributed by atoms with Crippen molar-refractivity contribution in [3.63, 3.8) is 0 Å². The van der Waals surface area contributed by atoms with Gasteiger partial charge in [-0.1, -0.05) is 6.07 Å². The van der Waals surface area contributed by atoms with Crippen LogP contribution >= 0.6 is 0 Å². The Kier molecular flexibility index (Phi) is 2.21. The van der Waals surface area contributed by atoms with E-state index in [1.54, 1.807) is 0 Å². The minimum atomic E-state index is -0.000231. The van der Waals surface area contributed by atoms with Crippen molar-refractivity contribution in [1.29, 1.82) is 0 Å². The van der Waals surface area contributed by atoms with E-state index in [-0.39, 0.29) is 5.54 Å². The highest BCUT2D eigenvalue weighted by molar-refractivity contribution is 5.50. The molecule has 2 heteroatoms. The van der Waals surface area contributed by atoms with Gasteiger partial charge in [-0.2, -0.15) is 0 Å². The molecular weight excluding hydrogens is 198 g/mol. The molecule has 1 aliphatic heterocycles. The Hall–Kier alpha value is -1.02. The van der Waals surface area contributed by atoms with Gasteiger partial charge < -0.3 is 10.4 Å². The van der Waals surface area contributed by atoms with Crippen molar-refractivity contribution in [2.24, 2.45) is 0 Å². The molecule has 0 saturated carbocycles. The maximum Gasteiger partial charge on any atom is 0.120 e. The van der Waals surface area contributed by atoms with Crippen molar-refractivity contribution in [2.45, 2.75) is 44.6 Å². The van der Waals surface area contributed by atoms with E-state index in [1.807, 2.05) is 6.07 Å². The van der Waals surface area contributed by atoms with Crippen LogP contribution in [0, 0.1) is 0 Å². The van der Waals surface area contributed by atoms with E-state index < -0.39 is 0 Å². The molecule has 2 aliphatic rings. The van der Waals surface area contributed by atoms with Gasteiger partial charge in [0.1, 0.15) is 5.75 Å². The number of rotatable bonds is 1. The zero-order valence-corrected chi connectivity index (χ0v) is 9.84. The highest BCUT2D eigenvalue weighted by Gasteiger charge is 2.35. The van der Waals surface area contributed by atoms with E-state index in [4.69, 9.17) is 0 Å². The normalized spacial score (nSPS) is 28.3. The second-order valence-electron chi connectivity index (χ2n) is 5.31. The van der Waals surface area contributed by atoms with Gasteiger partial charge in [-0.15, -0.1) is 0 Å². The minimum Gasteiger partial charge on any atom is -0.508 e. The van der Waals surface area contributed by atoms with Gasteiger partial charge in [0.25, 0.3) is 0 Å². The van der Waals surface area contributed by atoms with E-state index >= 15 is 0 Å². The summed E-state index contributed by atoms with van der Waals surface area (Å²) in [7, 11) is 0. The summed E-state index contributed by atoms with van der Waals surface area (Å²) < 4.78 is 0. The van der Waals surface area contributed by atoms with Crippen molar-refractivity contribution in [2.75, 3.05) is 6.54 Å². The van der Waals surface area contributed by atoms with E-state index in [2.05, 4.69) is 18.3 Å². The molecule has 1 aromatic rings.